The van der Waals surface area contributed by atoms with E-state index in [-0.39, 0.29) is 10.5 Å². The number of anilines is 2. The van der Waals surface area contributed by atoms with E-state index in [2.05, 4.69) is 5.32 Å². The van der Waals surface area contributed by atoms with Crippen LogP contribution in [0.2, 0.25) is 10.0 Å². The van der Waals surface area contributed by atoms with Crippen molar-refractivity contribution in [2.75, 3.05) is 16.7 Å². The number of carbonyl (C=O) groups excluding carboxylic acids is 1. The molecule has 5 nitrogen and oxygen atoms in total. The molecule has 0 saturated carbocycles. The first-order valence-corrected chi connectivity index (χ1v) is 10.8. The maximum atomic E-state index is 13.0. The van der Waals surface area contributed by atoms with E-state index < -0.39 is 15.9 Å². The van der Waals surface area contributed by atoms with Crippen LogP contribution in [0.25, 0.3) is 0 Å². The Hall–Kier alpha value is -2.54. The molecule has 3 aromatic carbocycles. The van der Waals surface area contributed by atoms with Gasteiger partial charge in [-0.15, -0.1) is 0 Å². The molecule has 0 bridgehead atoms. The highest BCUT2D eigenvalue weighted by atomic mass is 35.5. The smallest absolute Gasteiger partial charge is 0.264 e. The number of hydrogen-bond acceptors (Lipinski definition) is 3. The first kappa shape index (κ1) is 21.2. The molecule has 0 spiro atoms. The van der Waals surface area contributed by atoms with Crippen LogP contribution in [0, 0.1) is 6.92 Å². The summed E-state index contributed by atoms with van der Waals surface area (Å²) in [6.07, 6.45) is 0. The number of hydrogen-bond donors (Lipinski definition) is 1. The Balaban J connectivity index is 1.86. The highest BCUT2D eigenvalue weighted by Crippen LogP contribution is 2.26. The molecule has 0 aliphatic carbocycles. The largest absolute Gasteiger partial charge is 0.322 e. The Morgan fingerprint density at radius 3 is 2.28 bits per heavy atom. The van der Waals surface area contributed by atoms with Gasteiger partial charge in [0.2, 0.25) is 0 Å². The molecule has 0 aromatic heterocycles. The van der Waals surface area contributed by atoms with Gasteiger partial charge in [-0.25, -0.2) is 8.42 Å². The van der Waals surface area contributed by atoms with Crippen LogP contribution in [0.15, 0.2) is 71.6 Å². The molecule has 3 rings (SSSR count). The van der Waals surface area contributed by atoms with Crippen LogP contribution in [0.3, 0.4) is 0 Å². The van der Waals surface area contributed by atoms with E-state index in [0.29, 0.717) is 21.4 Å². The van der Waals surface area contributed by atoms with Crippen LogP contribution in [0.4, 0.5) is 11.4 Å². The summed E-state index contributed by atoms with van der Waals surface area (Å²) in [6.45, 7) is 1.92. The van der Waals surface area contributed by atoms with Crippen LogP contribution >= 0.6 is 23.2 Å². The molecule has 0 atom stereocenters. The molecule has 0 saturated heterocycles. The van der Waals surface area contributed by atoms with Gasteiger partial charge in [0.05, 0.1) is 20.6 Å². The van der Waals surface area contributed by atoms with E-state index in [4.69, 9.17) is 23.2 Å². The first-order valence-electron chi connectivity index (χ1n) is 8.60. The Morgan fingerprint density at radius 1 is 0.931 bits per heavy atom. The van der Waals surface area contributed by atoms with Crippen LogP contribution in [-0.2, 0) is 10.0 Å². The Kier molecular flexibility index (Phi) is 6.17. The number of amides is 1. The van der Waals surface area contributed by atoms with Gasteiger partial charge in [0.15, 0.2) is 0 Å². The normalized spacial score (nSPS) is 11.2. The Bertz CT molecular complexity index is 1160. The molecule has 0 fully saturated rings. The summed E-state index contributed by atoms with van der Waals surface area (Å²) in [4.78, 5) is 12.6. The molecule has 150 valence electrons. The van der Waals surface area contributed by atoms with Crippen molar-refractivity contribution in [2.24, 2.45) is 0 Å². The molecule has 0 aliphatic heterocycles. The van der Waals surface area contributed by atoms with Gasteiger partial charge < -0.3 is 5.32 Å². The molecule has 0 radical (unpaired) electrons. The highest BCUT2D eigenvalue weighted by Gasteiger charge is 2.22. The van der Waals surface area contributed by atoms with Crippen molar-refractivity contribution in [3.8, 4) is 0 Å². The fraction of sp³-hybridized carbons (Fsp3) is 0.0952. The lowest BCUT2D eigenvalue weighted by atomic mass is 10.2. The summed E-state index contributed by atoms with van der Waals surface area (Å²) in [5.74, 6) is -0.460. The fourth-order valence-electron chi connectivity index (χ4n) is 2.63. The number of rotatable bonds is 5. The van der Waals surface area contributed by atoms with Crippen molar-refractivity contribution in [3.63, 3.8) is 0 Å². The molecular formula is C21H18Cl2N2O3S. The number of aryl methyl sites for hydroxylation is 1. The molecule has 0 unspecified atom stereocenters. The standard InChI is InChI=1S/C21H18Cl2N2O3S/c1-14-6-9-17(10-7-14)25(2)29(27,28)18-5-3-4-15(12-18)21(26)24-16-8-11-19(22)20(23)13-16/h3-13H,1-2H3,(H,24,26). The van der Waals surface area contributed by atoms with Crippen LogP contribution in [0.1, 0.15) is 15.9 Å². The average molecular weight is 449 g/mol. The zero-order chi connectivity index (χ0) is 21.2. The third-order valence-corrected chi connectivity index (χ3v) is 6.85. The Labute approximate surface area is 179 Å². The van der Waals surface area contributed by atoms with Gasteiger partial charge >= 0.3 is 0 Å². The molecular weight excluding hydrogens is 431 g/mol. The van der Waals surface area contributed by atoms with E-state index >= 15 is 0 Å². The molecule has 29 heavy (non-hydrogen) atoms. The lowest BCUT2D eigenvalue weighted by Crippen LogP contribution is -2.26. The summed E-state index contributed by atoms with van der Waals surface area (Å²) < 4.78 is 27.2. The molecule has 1 N–H and O–H groups in total. The minimum Gasteiger partial charge on any atom is -0.322 e. The summed E-state index contributed by atoms with van der Waals surface area (Å²) in [5.41, 5.74) is 2.21. The average Bonchev–Trinajstić information content (AvgIpc) is 2.71. The van der Waals surface area contributed by atoms with Crippen molar-refractivity contribution in [2.45, 2.75) is 11.8 Å². The van der Waals surface area contributed by atoms with Crippen molar-refractivity contribution in [3.05, 3.63) is 87.9 Å². The van der Waals surface area contributed by atoms with Gasteiger partial charge in [-0.3, -0.25) is 9.10 Å². The lowest BCUT2D eigenvalue weighted by molar-refractivity contribution is 0.102. The van der Waals surface area contributed by atoms with Crippen LogP contribution in [-0.4, -0.2) is 21.4 Å². The molecule has 0 heterocycles. The minimum absolute atomic E-state index is 0.0161. The zero-order valence-electron chi connectivity index (χ0n) is 15.7. The topological polar surface area (TPSA) is 66.5 Å². The lowest BCUT2D eigenvalue weighted by Gasteiger charge is -2.20. The fourth-order valence-corrected chi connectivity index (χ4v) is 4.17. The monoisotopic (exact) mass is 448 g/mol. The van der Waals surface area contributed by atoms with Crippen LogP contribution < -0.4 is 9.62 Å². The van der Waals surface area contributed by atoms with Crippen molar-refractivity contribution in [1.82, 2.24) is 0 Å². The number of benzene rings is 3. The molecule has 1 amide bonds. The SMILES string of the molecule is Cc1ccc(N(C)S(=O)(=O)c2cccc(C(=O)Nc3ccc(Cl)c(Cl)c3)c2)cc1. The van der Waals surface area contributed by atoms with Crippen molar-refractivity contribution in [1.29, 1.82) is 0 Å². The second-order valence-corrected chi connectivity index (χ2v) is 9.20. The van der Waals surface area contributed by atoms with E-state index in [1.54, 1.807) is 24.3 Å². The van der Waals surface area contributed by atoms with Gasteiger partial charge in [-0.05, 0) is 55.5 Å². The third-order valence-electron chi connectivity index (χ3n) is 4.33. The minimum atomic E-state index is -3.83. The van der Waals surface area contributed by atoms with Gasteiger partial charge in [0.1, 0.15) is 0 Å². The van der Waals surface area contributed by atoms with Gasteiger partial charge in [-0.1, -0.05) is 47.0 Å². The number of nitrogens with one attached hydrogen (secondary N) is 1. The molecule has 8 heteroatoms. The predicted octanol–water partition coefficient (Wildman–Crippen LogP) is 5.38. The summed E-state index contributed by atoms with van der Waals surface area (Å²) in [5, 5.41) is 3.36. The first-order chi connectivity index (χ1) is 13.7. The molecule has 3 aromatic rings. The van der Waals surface area contributed by atoms with E-state index in [9.17, 15) is 13.2 Å². The van der Waals surface area contributed by atoms with Crippen molar-refractivity contribution >= 4 is 50.5 Å². The molecule has 0 aliphatic rings. The summed E-state index contributed by atoms with van der Waals surface area (Å²) >= 11 is 11.8. The van der Waals surface area contributed by atoms with Gasteiger partial charge in [0, 0.05) is 18.3 Å². The maximum Gasteiger partial charge on any atom is 0.264 e. The van der Waals surface area contributed by atoms with E-state index in [1.165, 1.54) is 41.7 Å². The maximum absolute atomic E-state index is 13.0. The van der Waals surface area contributed by atoms with Crippen LogP contribution in [0.5, 0.6) is 0 Å². The summed E-state index contributed by atoms with van der Waals surface area (Å²) in [6, 6.07) is 17.7. The van der Waals surface area contributed by atoms with Gasteiger partial charge in [0.25, 0.3) is 15.9 Å². The van der Waals surface area contributed by atoms with Crippen molar-refractivity contribution < 1.29 is 13.2 Å². The second-order valence-electron chi connectivity index (χ2n) is 6.42. The Morgan fingerprint density at radius 2 is 1.62 bits per heavy atom. The number of nitrogens with zero attached hydrogens (tertiary/aromatic N) is 1. The third kappa shape index (κ3) is 4.72. The van der Waals surface area contributed by atoms with E-state index in [1.807, 2.05) is 19.1 Å². The van der Waals surface area contributed by atoms with E-state index in [0.717, 1.165) is 5.56 Å². The number of carbonyl (C=O) groups is 1. The predicted molar refractivity (Wildman–Crippen MR) is 118 cm³/mol. The highest BCUT2D eigenvalue weighted by molar-refractivity contribution is 7.92. The number of sulfonamides is 1. The quantitative estimate of drug-likeness (QED) is 0.569. The zero-order valence-corrected chi connectivity index (χ0v) is 18.0. The number of halogens is 2. The summed E-state index contributed by atoms with van der Waals surface area (Å²) in [7, 11) is -2.36. The van der Waals surface area contributed by atoms with Gasteiger partial charge in [-0.2, -0.15) is 0 Å². The second kappa shape index (κ2) is 8.45.